The highest BCUT2D eigenvalue weighted by Gasteiger charge is 2.32. The Morgan fingerprint density at radius 3 is 2.65 bits per heavy atom. The van der Waals surface area contributed by atoms with Gasteiger partial charge in [-0.05, 0) is 12.0 Å². The van der Waals surface area contributed by atoms with Crippen LogP contribution in [0.2, 0.25) is 0 Å². The number of benzene rings is 1. The third kappa shape index (κ3) is 5.04. The maximum Gasteiger partial charge on any atom is 0.236 e. The highest BCUT2D eigenvalue weighted by Crippen LogP contribution is 2.12. The molecule has 1 atom stereocenters. The third-order valence-corrected chi connectivity index (χ3v) is 4.22. The number of ether oxygens (including phenoxy) is 1. The molecule has 1 aromatic carbocycles. The summed E-state index contributed by atoms with van der Waals surface area (Å²) in [7, 11) is 1.57. The van der Waals surface area contributed by atoms with Gasteiger partial charge in [0.2, 0.25) is 11.8 Å². The van der Waals surface area contributed by atoms with Crippen molar-refractivity contribution < 1.29 is 14.3 Å². The summed E-state index contributed by atoms with van der Waals surface area (Å²) < 4.78 is 4.94. The summed E-state index contributed by atoms with van der Waals surface area (Å²) in [6.45, 7) is 2.82. The highest BCUT2D eigenvalue weighted by atomic mass is 16.5. The van der Waals surface area contributed by atoms with Crippen molar-refractivity contribution in [2.45, 2.75) is 18.9 Å². The lowest BCUT2D eigenvalue weighted by molar-refractivity contribution is -0.137. The zero-order chi connectivity index (χ0) is 16.7. The number of rotatable bonds is 7. The molecule has 6 nitrogen and oxygen atoms in total. The van der Waals surface area contributed by atoms with Crippen LogP contribution in [0, 0.1) is 0 Å². The van der Waals surface area contributed by atoms with Gasteiger partial charge >= 0.3 is 0 Å². The van der Waals surface area contributed by atoms with E-state index in [1.807, 2.05) is 18.2 Å². The Hall–Kier alpha value is -1.92. The molecule has 6 heteroatoms. The molecule has 1 saturated heterocycles. The zero-order valence-electron chi connectivity index (χ0n) is 13.6. The molecule has 1 heterocycles. The van der Waals surface area contributed by atoms with Gasteiger partial charge in [-0.1, -0.05) is 30.3 Å². The minimum absolute atomic E-state index is 0.0146. The van der Waals surface area contributed by atoms with Gasteiger partial charge in [0.25, 0.3) is 0 Å². The molecule has 0 saturated carbocycles. The number of carbonyl (C=O) groups is 2. The Morgan fingerprint density at radius 2 is 2.00 bits per heavy atom. The fraction of sp³-hybridized carbons (Fsp3) is 0.529. The first-order chi connectivity index (χ1) is 11.1. The van der Waals surface area contributed by atoms with Crippen molar-refractivity contribution in [3.63, 3.8) is 0 Å². The van der Waals surface area contributed by atoms with E-state index >= 15 is 0 Å². The van der Waals surface area contributed by atoms with Crippen LogP contribution < -0.4 is 5.73 Å². The van der Waals surface area contributed by atoms with E-state index in [4.69, 9.17) is 10.5 Å². The van der Waals surface area contributed by atoms with E-state index in [0.29, 0.717) is 32.7 Å². The smallest absolute Gasteiger partial charge is 0.236 e. The molecular formula is C17H25N3O3. The second-order valence-corrected chi connectivity index (χ2v) is 5.77. The van der Waals surface area contributed by atoms with E-state index in [-0.39, 0.29) is 11.8 Å². The molecule has 0 radical (unpaired) electrons. The lowest BCUT2D eigenvalue weighted by Gasteiger charge is -2.40. The van der Waals surface area contributed by atoms with Gasteiger partial charge in [-0.25, -0.2) is 0 Å². The zero-order valence-corrected chi connectivity index (χ0v) is 13.6. The minimum Gasteiger partial charge on any atom is -0.384 e. The third-order valence-electron chi connectivity index (χ3n) is 4.22. The molecule has 0 aliphatic carbocycles. The number of primary amides is 1. The van der Waals surface area contributed by atoms with Crippen LogP contribution in [0.25, 0.3) is 0 Å². The molecule has 2 N–H and O–H groups in total. The van der Waals surface area contributed by atoms with E-state index in [9.17, 15) is 9.59 Å². The first-order valence-electron chi connectivity index (χ1n) is 7.96. The number of nitrogens with zero attached hydrogens (tertiary/aromatic N) is 2. The standard InChI is InChI=1S/C17H25N3O3/c1-23-12-8-16(21)20-11-10-19(15(13-20)17(18)22)9-7-14-5-3-2-4-6-14/h2-6,15H,7-13H2,1H3,(H2,18,22)/t15-/m1/s1. The first kappa shape index (κ1) is 17.4. The Labute approximate surface area is 137 Å². The van der Waals surface area contributed by atoms with Crippen molar-refractivity contribution in [2.75, 3.05) is 39.9 Å². The monoisotopic (exact) mass is 319 g/mol. The molecule has 0 aromatic heterocycles. The summed E-state index contributed by atoms with van der Waals surface area (Å²) in [4.78, 5) is 27.7. The lowest BCUT2D eigenvalue weighted by Crippen LogP contribution is -2.59. The quantitative estimate of drug-likeness (QED) is 0.782. The normalized spacial score (nSPS) is 18.8. The summed E-state index contributed by atoms with van der Waals surface area (Å²) in [5.41, 5.74) is 6.78. The summed E-state index contributed by atoms with van der Waals surface area (Å²) >= 11 is 0. The number of nitrogens with two attached hydrogens (primary N) is 1. The van der Waals surface area contributed by atoms with Gasteiger partial charge in [-0.15, -0.1) is 0 Å². The molecule has 1 aromatic rings. The van der Waals surface area contributed by atoms with E-state index in [1.165, 1.54) is 5.56 Å². The molecule has 1 aliphatic rings. The average Bonchev–Trinajstić information content (AvgIpc) is 2.58. The number of hydrogen-bond donors (Lipinski definition) is 1. The van der Waals surface area contributed by atoms with Gasteiger partial charge < -0.3 is 15.4 Å². The second kappa shape index (κ2) is 8.64. The van der Waals surface area contributed by atoms with Gasteiger partial charge in [-0.3, -0.25) is 14.5 Å². The molecule has 2 amide bonds. The SMILES string of the molecule is COCCC(=O)N1CCN(CCc2ccccc2)[C@@H](C(N)=O)C1. The van der Waals surface area contributed by atoms with E-state index < -0.39 is 6.04 Å². The van der Waals surface area contributed by atoms with Crippen molar-refractivity contribution in [2.24, 2.45) is 5.73 Å². The maximum atomic E-state index is 12.1. The fourth-order valence-electron chi connectivity index (χ4n) is 2.85. The molecule has 23 heavy (non-hydrogen) atoms. The van der Waals surface area contributed by atoms with Crippen molar-refractivity contribution in [1.82, 2.24) is 9.80 Å². The van der Waals surface area contributed by atoms with Gasteiger partial charge in [0.1, 0.15) is 6.04 Å². The molecule has 1 aliphatic heterocycles. The van der Waals surface area contributed by atoms with E-state index in [1.54, 1.807) is 12.0 Å². The van der Waals surface area contributed by atoms with Crippen LogP contribution >= 0.6 is 0 Å². The predicted molar refractivity (Wildman–Crippen MR) is 87.8 cm³/mol. The van der Waals surface area contributed by atoms with Crippen molar-refractivity contribution in [3.05, 3.63) is 35.9 Å². The Kier molecular flexibility index (Phi) is 6.55. The van der Waals surface area contributed by atoms with Crippen LogP contribution in [0.15, 0.2) is 30.3 Å². The number of hydrogen-bond acceptors (Lipinski definition) is 4. The first-order valence-corrected chi connectivity index (χ1v) is 7.96. The van der Waals surface area contributed by atoms with Crippen LogP contribution in [0.1, 0.15) is 12.0 Å². The number of amides is 2. The van der Waals surface area contributed by atoms with Crippen molar-refractivity contribution in [3.8, 4) is 0 Å². The fourth-order valence-corrected chi connectivity index (χ4v) is 2.85. The maximum absolute atomic E-state index is 12.1. The summed E-state index contributed by atoms with van der Waals surface area (Å²) in [6.07, 6.45) is 1.20. The summed E-state index contributed by atoms with van der Waals surface area (Å²) in [6, 6.07) is 9.73. The van der Waals surface area contributed by atoms with Gasteiger partial charge in [0.05, 0.1) is 13.0 Å². The van der Waals surface area contributed by atoms with E-state index in [0.717, 1.165) is 13.0 Å². The van der Waals surface area contributed by atoms with E-state index in [2.05, 4.69) is 17.0 Å². The Bertz CT molecular complexity index is 521. The number of methoxy groups -OCH3 is 1. The van der Waals surface area contributed by atoms with Crippen LogP contribution in [0.5, 0.6) is 0 Å². The van der Waals surface area contributed by atoms with Crippen LogP contribution in [-0.2, 0) is 20.7 Å². The molecular weight excluding hydrogens is 294 g/mol. The topological polar surface area (TPSA) is 75.9 Å². The van der Waals surface area contributed by atoms with Gasteiger partial charge in [0, 0.05) is 33.3 Å². The van der Waals surface area contributed by atoms with Gasteiger partial charge in [-0.2, -0.15) is 0 Å². The summed E-state index contributed by atoms with van der Waals surface area (Å²) in [5, 5.41) is 0. The minimum atomic E-state index is -0.418. The molecule has 0 bridgehead atoms. The van der Waals surface area contributed by atoms with Crippen LogP contribution in [0.4, 0.5) is 0 Å². The predicted octanol–water partition coefficient (Wildman–Crippen LogP) is 0.264. The average molecular weight is 319 g/mol. The molecule has 1 fully saturated rings. The molecule has 0 spiro atoms. The Morgan fingerprint density at radius 1 is 1.26 bits per heavy atom. The highest BCUT2D eigenvalue weighted by molar-refractivity contribution is 5.82. The van der Waals surface area contributed by atoms with Crippen molar-refractivity contribution in [1.29, 1.82) is 0 Å². The second-order valence-electron chi connectivity index (χ2n) is 5.77. The molecule has 2 rings (SSSR count). The van der Waals surface area contributed by atoms with Crippen LogP contribution in [0.3, 0.4) is 0 Å². The molecule has 126 valence electrons. The number of piperazine rings is 1. The Balaban J connectivity index is 1.91. The molecule has 0 unspecified atom stereocenters. The van der Waals surface area contributed by atoms with Gasteiger partial charge in [0.15, 0.2) is 0 Å². The van der Waals surface area contributed by atoms with Crippen LogP contribution in [-0.4, -0.2) is 67.6 Å². The number of carbonyl (C=O) groups excluding carboxylic acids is 2. The van der Waals surface area contributed by atoms with Crippen molar-refractivity contribution >= 4 is 11.8 Å². The summed E-state index contributed by atoms with van der Waals surface area (Å²) in [5.74, 6) is -0.358. The largest absolute Gasteiger partial charge is 0.384 e. The lowest BCUT2D eigenvalue weighted by atomic mass is 10.1.